The highest BCUT2D eigenvalue weighted by atomic mass is 19.4. The molecular weight excluding hydrogens is 297 g/mol. The van der Waals surface area contributed by atoms with Gasteiger partial charge >= 0.3 is 6.18 Å². The highest BCUT2D eigenvalue weighted by molar-refractivity contribution is 5.95. The Balaban J connectivity index is 1.81. The number of alkyl halides is 3. The van der Waals surface area contributed by atoms with Gasteiger partial charge in [-0.3, -0.25) is 4.79 Å². The van der Waals surface area contributed by atoms with Gasteiger partial charge in [-0.25, -0.2) is 0 Å². The summed E-state index contributed by atoms with van der Waals surface area (Å²) >= 11 is 0. The Morgan fingerprint density at radius 1 is 1.32 bits per heavy atom. The summed E-state index contributed by atoms with van der Waals surface area (Å²) < 4.78 is 44.0. The highest BCUT2D eigenvalue weighted by Crippen LogP contribution is 2.32. The predicted molar refractivity (Wildman–Crippen MR) is 74.5 cm³/mol. The summed E-state index contributed by atoms with van der Waals surface area (Å²) in [6.45, 7) is 1.93. The van der Waals surface area contributed by atoms with E-state index in [2.05, 4.69) is 5.32 Å². The van der Waals surface area contributed by atoms with Crippen LogP contribution in [-0.4, -0.2) is 38.3 Å². The SMILES string of the molecule is O=C1COC(C2CCNC2)CN1c1cccc(C(F)(F)F)c1. The maximum Gasteiger partial charge on any atom is 0.416 e. The van der Waals surface area contributed by atoms with Gasteiger partial charge in [0.05, 0.1) is 18.2 Å². The first-order valence-electron chi connectivity index (χ1n) is 7.25. The summed E-state index contributed by atoms with van der Waals surface area (Å²) in [5.74, 6) is -0.0112. The fourth-order valence-corrected chi connectivity index (χ4v) is 2.97. The van der Waals surface area contributed by atoms with E-state index in [0.29, 0.717) is 12.5 Å². The zero-order chi connectivity index (χ0) is 15.7. The van der Waals surface area contributed by atoms with E-state index in [4.69, 9.17) is 4.74 Å². The second-order valence-corrected chi connectivity index (χ2v) is 5.65. The number of morpholine rings is 1. The monoisotopic (exact) mass is 314 g/mol. The van der Waals surface area contributed by atoms with Gasteiger partial charge in [0.15, 0.2) is 0 Å². The van der Waals surface area contributed by atoms with Gasteiger partial charge in [-0.2, -0.15) is 13.2 Å². The van der Waals surface area contributed by atoms with Crippen LogP contribution in [-0.2, 0) is 15.7 Å². The van der Waals surface area contributed by atoms with E-state index in [1.54, 1.807) is 0 Å². The van der Waals surface area contributed by atoms with E-state index in [9.17, 15) is 18.0 Å². The molecule has 2 saturated heterocycles. The number of halogens is 3. The van der Waals surface area contributed by atoms with Gasteiger partial charge < -0.3 is 15.0 Å². The maximum atomic E-state index is 12.8. The quantitative estimate of drug-likeness (QED) is 0.908. The zero-order valence-corrected chi connectivity index (χ0v) is 11.9. The van der Waals surface area contributed by atoms with Crippen LogP contribution in [0.2, 0.25) is 0 Å². The van der Waals surface area contributed by atoms with E-state index >= 15 is 0 Å². The molecule has 7 heteroatoms. The van der Waals surface area contributed by atoms with Crippen LogP contribution in [0.3, 0.4) is 0 Å². The van der Waals surface area contributed by atoms with Gasteiger partial charge in [-0.05, 0) is 31.2 Å². The summed E-state index contributed by atoms with van der Waals surface area (Å²) in [5, 5.41) is 3.23. The molecule has 22 heavy (non-hydrogen) atoms. The van der Waals surface area contributed by atoms with Gasteiger partial charge in [0.1, 0.15) is 6.61 Å². The molecule has 1 amide bonds. The second kappa shape index (κ2) is 5.89. The Labute approximate surface area is 126 Å². The van der Waals surface area contributed by atoms with E-state index < -0.39 is 11.7 Å². The third-order valence-electron chi connectivity index (χ3n) is 4.19. The van der Waals surface area contributed by atoms with Crippen molar-refractivity contribution in [1.29, 1.82) is 0 Å². The van der Waals surface area contributed by atoms with Crippen molar-refractivity contribution in [3.63, 3.8) is 0 Å². The van der Waals surface area contributed by atoms with Crippen LogP contribution in [0.25, 0.3) is 0 Å². The summed E-state index contributed by atoms with van der Waals surface area (Å²) in [5.41, 5.74) is -0.470. The minimum atomic E-state index is -4.42. The lowest BCUT2D eigenvalue weighted by Gasteiger charge is -2.35. The van der Waals surface area contributed by atoms with Gasteiger partial charge in [0.2, 0.25) is 0 Å². The molecule has 1 N–H and O–H groups in total. The van der Waals surface area contributed by atoms with Crippen LogP contribution < -0.4 is 10.2 Å². The number of ether oxygens (including phenoxy) is 1. The molecule has 2 unspecified atom stereocenters. The van der Waals surface area contributed by atoms with Gasteiger partial charge in [0, 0.05) is 18.2 Å². The molecule has 2 fully saturated rings. The molecular formula is C15H17F3N2O2. The molecule has 0 aliphatic carbocycles. The molecule has 2 aliphatic rings. The lowest BCUT2D eigenvalue weighted by molar-refractivity contribution is -0.137. The number of nitrogens with one attached hydrogen (secondary N) is 1. The average Bonchev–Trinajstić information content (AvgIpc) is 3.01. The molecule has 2 heterocycles. The largest absolute Gasteiger partial charge is 0.416 e. The normalized spacial score (nSPS) is 26.5. The van der Waals surface area contributed by atoms with Crippen LogP contribution in [0.5, 0.6) is 0 Å². The number of anilines is 1. The fraction of sp³-hybridized carbons (Fsp3) is 0.533. The van der Waals surface area contributed by atoms with E-state index in [-0.39, 0.29) is 24.3 Å². The average molecular weight is 314 g/mol. The second-order valence-electron chi connectivity index (χ2n) is 5.65. The van der Waals surface area contributed by atoms with Crippen molar-refractivity contribution in [3.8, 4) is 0 Å². The van der Waals surface area contributed by atoms with Crippen LogP contribution >= 0.6 is 0 Å². The molecule has 120 valence electrons. The lowest BCUT2D eigenvalue weighted by atomic mass is 9.99. The third-order valence-corrected chi connectivity index (χ3v) is 4.19. The summed E-state index contributed by atoms with van der Waals surface area (Å²) in [6, 6.07) is 4.88. The number of benzene rings is 1. The van der Waals surface area contributed by atoms with Crippen molar-refractivity contribution in [2.45, 2.75) is 18.7 Å². The van der Waals surface area contributed by atoms with Gasteiger partial charge in [0.25, 0.3) is 5.91 Å². The molecule has 2 aliphatic heterocycles. The standard InChI is InChI=1S/C15H17F3N2O2/c16-15(17,18)11-2-1-3-12(6-11)20-8-13(22-9-14(20)21)10-4-5-19-7-10/h1-3,6,10,13,19H,4-5,7-9H2. The number of hydrogen-bond acceptors (Lipinski definition) is 3. The molecule has 2 atom stereocenters. The summed E-state index contributed by atoms with van der Waals surface area (Å²) in [6.07, 6.45) is -3.60. The first kappa shape index (κ1) is 15.3. The minimum Gasteiger partial charge on any atom is -0.366 e. The Hall–Kier alpha value is -1.60. The lowest BCUT2D eigenvalue weighted by Crippen LogP contribution is -2.49. The molecule has 0 saturated carbocycles. The van der Waals surface area contributed by atoms with Crippen molar-refractivity contribution < 1.29 is 22.7 Å². The van der Waals surface area contributed by atoms with E-state index in [1.165, 1.54) is 17.0 Å². The Morgan fingerprint density at radius 2 is 2.14 bits per heavy atom. The Morgan fingerprint density at radius 3 is 2.82 bits per heavy atom. The zero-order valence-electron chi connectivity index (χ0n) is 11.9. The van der Waals surface area contributed by atoms with Crippen molar-refractivity contribution in [2.75, 3.05) is 31.1 Å². The van der Waals surface area contributed by atoms with Gasteiger partial charge in [-0.15, -0.1) is 0 Å². The van der Waals surface area contributed by atoms with Crippen LogP contribution in [0, 0.1) is 5.92 Å². The highest BCUT2D eigenvalue weighted by Gasteiger charge is 2.35. The molecule has 1 aromatic rings. The minimum absolute atomic E-state index is 0.0859. The molecule has 4 nitrogen and oxygen atoms in total. The topological polar surface area (TPSA) is 41.6 Å². The fourth-order valence-electron chi connectivity index (χ4n) is 2.97. The van der Waals surface area contributed by atoms with Gasteiger partial charge in [-0.1, -0.05) is 6.07 Å². The van der Waals surface area contributed by atoms with Crippen LogP contribution in [0.1, 0.15) is 12.0 Å². The summed E-state index contributed by atoms with van der Waals surface area (Å²) in [4.78, 5) is 13.4. The van der Waals surface area contributed by atoms with E-state index in [0.717, 1.165) is 31.6 Å². The Bertz CT molecular complexity index is 556. The number of hydrogen-bond donors (Lipinski definition) is 1. The van der Waals surface area contributed by atoms with Crippen molar-refractivity contribution in [3.05, 3.63) is 29.8 Å². The summed E-state index contributed by atoms with van der Waals surface area (Å²) in [7, 11) is 0. The van der Waals surface area contributed by atoms with Crippen molar-refractivity contribution in [1.82, 2.24) is 5.32 Å². The molecule has 0 radical (unpaired) electrons. The number of amides is 1. The smallest absolute Gasteiger partial charge is 0.366 e. The number of rotatable bonds is 2. The van der Waals surface area contributed by atoms with Crippen LogP contribution in [0.15, 0.2) is 24.3 Å². The first-order chi connectivity index (χ1) is 10.4. The third kappa shape index (κ3) is 3.10. The van der Waals surface area contributed by atoms with E-state index in [1.807, 2.05) is 0 Å². The Kier molecular flexibility index (Phi) is 4.10. The van der Waals surface area contributed by atoms with Crippen molar-refractivity contribution in [2.24, 2.45) is 5.92 Å². The number of carbonyl (C=O) groups is 1. The molecule has 3 rings (SSSR count). The number of carbonyl (C=O) groups excluding carboxylic acids is 1. The van der Waals surface area contributed by atoms with Crippen molar-refractivity contribution >= 4 is 11.6 Å². The molecule has 0 bridgehead atoms. The maximum absolute atomic E-state index is 12.8. The van der Waals surface area contributed by atoms with Crippen LogP contribution in [0.4, 0.5) is 18.9 Å². The molecule has 1 aromatic carbocycles. The molecule has 0 aromatic heterocycles. The predicted octanol–water partition coefficient (Wildman–Crippen LogP) is 2.05. The molecule has 0 spiro atoms. The number of nitrogens with zero attached hydrogens (tertiary/aromatic N) is 1. The first-order valence-corrected chi connectivity index (χ1v) is 7.25.